The molecular formula is C12H18ClNO2. The van der Waals surface area contributed by atoms with Gasteiger partial charge in [-0.05, 0) is 32.9 Å². The molecule has 16 heavy (non-hydrogen) atoms. The number of aryl methyl sites for hydroxylation is 1. The third-order valence-corrected chi connectivity index (χ3v) is 2.24. The summed E-state index contributed by atoms with van der Waals surface area (Å²) in [5.41, 5.74) is 1.73. The van der Waals surface area contributed by atoms with Gasteiger partial charge < -0.3 is 9.47 Å². The molecule has 0 unspecified atom stereocenters. The number of aromatic nitrogens is 1. The van der Waals surface area contributed by atoms with E-state index in [9.17, 15) is 0 Å². The first-order chi connectivity index (χ1) is 7.63. The number of ether oxygens (including phenoxy) is 2. The van der Waals surface area contributed by atoms with Crippen LogP contribution in [0.2, 0.25) is 0 Å². The van der Waals surface area contributed by atoms with E-state index >= 15 is 0 Å². The lowest BCUT2D eigenvalue weighted by Crippen LogP contribution is -2.12. The largest absolute Gasteiger partial charge is 0.489 e. The van der Waals surface area contributed by atoms with Gasteiger partial charge in [-0.15, -0.1) is 11.6 Å². The standard InChI is InChI=1S/C12H18ClNO2/c1-9(2)15-6-7-16-12-5-4-10(3)14-11(12)8-13/h4-5,9H,6-8H2,1-3H3. The zero-order valence-corrected chi connectivity index (χ0v) is 10.8. The third kappa shape index (κ3) is 4.37. The van der Waals surface area contributed by atoms with E-state index in [4.69, 9.17) is 21.1 Å². The zero-order valence-electron chi connectivity index (χ0n) is 10.00. The van der Waals surface area contributed by atoms with Gasteiger partial charge in [0.2, 0.25) is 0 Å². The van der Waals surface area contributed by atoms with Gasteiger partial charge in [-0.2, -0.15) is 0 Å². The second-order valence-electron chi connectivity index (χ2n) is 3.80. The quantitative estimate of drug-likeness (QED) is 0.569. The highest BCUT2D eigenvalue weighted by Crippen LogP contribution is 2.18. The van der Waals surface area contributed by atoms with Crippen LogP contribution in [-0.2, 0) is 10.6 Å². The maximum absolute atomic E-state index is 5.79. The summed E-state index contributed by atoms with van der Waals surface area (Å²) in [5, 5.41) is 0. The van der Waals surface area contributed by atoms with Crippen LogP contribution >= 0.6 is 11.6 Å². The van der Waals surface area contributed by atoms with Crippen molar-refractivity contribution in [2.24, 2.45) is 0 Å². The summed E-state index contributed by atoms with van der Waals surface area (Å²) in [6.07, 6.45) is 0.229. The third-order valence-electron chi connectivity index (χ3n) is 1.99. The summed E-state index contributed by atoms with van der Waals surface area (Å²) in [5.74, 6) is 1.11. The molecule has 0 radical (unpaired) electrons. The van der Waals surface area contributed by atoms with Gasteiger partial charge >= 0.3 is 0 Å². The van der Waals surface area contributed by atoms with Crippen molar-refractivity contribution >= 4 is 11.6 Å². The second-order valence-corrected chi connectivity index (χ2v) is 4.07. The minimum absolute atomic E-state index is 0.229. The maximum atomic E-state index is 5.79. The Balaban J connectivity index is 2.47. The molecule has 1 heterocycles. The summed E-state index contributed by atoms with van der Waals surface area (Å²) in [6.45, 7) is 7.02. The Morgan fingerprint density at radius 2 is 2.06 bits per heavy atom. The van der Waals surface area contributed by atoms with Crippen LogP contribution in [-0.4, -0.2) is 24.3 Å². The monoisotopic (exact) mass is 243 g/mol. The molecular weight excluding hydrogens is 226 g/mol. The maximum Gasteiger partial charge on any atom is 0.142 e. The Morgan fingerprint density at radius 1 is 1.31 bits per heavy atom. The molecule has 0 atom stereocenters. The van der Waals surface area contributed by atoms with Gasteiger partial charge in [0.1, 0.15) is 12.4 Å². The first-order valence-corrected chi connectivity index (χ1v) is 5.94. The summed E-state index contributed by atoms with van der Waals surface area (Å²) in [7, 11) is 0. The van der Waals surface area contributed by atoms with Crippen molar-refractivity contribution in [3.63, 3.8) is 0 Å². The number of hydrogen-bond acceptors (Lipinski definition) is 3. The molecule has 0 amide bonds. The fourth-order valence-electron chi connectivity index (χ4n) is 1.26. The second kappa shape index (κ2) is 6.71. The van der Waals surface area contributed by atoms with Crippen molar-refractivity contribution in [3.8, 4) is 5.75 Å². The van der Waals surface area contributed by atoms with Gasteiger partial charge in [0, 0.05) is 5.69 Å². The normalized spacial score (nSPS) is 10.8. The Morgan fingerprint density at radius 3 is 2.69 bits per heavy atom. The van der Waals surface area contributed by atoms with E-state index in [1.54, 1.807) is 0 Å². The van der Waals surface area contributed by atoms with Crippen LogP contribution < -0.4 is 4.74 Å². The Kier molecular flexibility index (Phi) is 5.56. The summed E-state index contributed by atoms with van der Waals surface area (Å²) in [6, 6.07) is 3.81. The van der Waals surface area contributed by atoms with Gasteiger partial charge in [-0.25, -0.2) is 0 Å². The molecule has 0 N–H and O–H groups in total. The van der Waals surface area contributed by atoms with E-state index in [2.05, 4.69) is 4.98 Å². The minimum Gasteiger partial charge on any atom is -0.489 e. The van der Waals surface area contributed by atoms with Crippen LogP contribution in [0.15, 0.2) is 12.1 Å². The highest BCUT2D eigenvalue weighted by Gasteiger charge is 2.04. The topological polar surface area (TPSA) is 31.4 Å². The van der Waals surface area contributed by atoms with Crippen molar-refractivity contribution in [2.45, 2.75) is 32.8 Å². The number of halogens is 1. The van der Waals surface area contributed by atoms with E-state index in [0.29, 0.717) is 19.1 Å². The average molecular weight is 244 g/mol. The number of rotatable bonds is 6. The number of hydrogen-bond donors (Lipinski definition) is 0. The van der Waals surface area contributed by atoms with Crippen molar-refractivity contribution in [2.75, 3.05) is 13.2 Å². The number of nitrogens with zero attached hydrogens (tertiary/aromatic N) is 1. The number of pyridine rings is 1. The van der Waals surface area contributed by atoms with Crippen LogP contribution in [0.5, 0.6) is 5.75 Å². The van der Waals surface area contributed by atoms with Crippen molar-refractivity contribution in [3.05, 3.63) is 23.5 Å². The molecule has 1 aromatic rings. The molecule has 0 fully saturated rings. The van der Waals surface area contributed by atoms with Crippen molar-refractivity contribution in [1.29, 1.82) is 0 Å². The van der Waals surface area contributed by atoms with E-state index in [1.807, 2.05) is 32.9 Å². The first kappa shape index (κ1) is 13.3. The van der Waals surface area contributed by atoms with Gasteiger partial charge in [0.25, 0.3) is 0 Å². The van der Waals surface area contributed by atoms with E-state index in [-0.39, 0.29) is 6.10 Å². The van der Waals surface area contributed by atoms with Crippen LogP contribution in [0, 0.1) is 6.92 Å². The summed E-state index contributed by atoms with van der Waals surface area (Å²) < 4.78 is 10.9. The predicted molar refractivity (Wildman–Crippen MR) is 65.1 cm³/mol. The van der Waals surface area contributed by atoms with Gasteiger partial charge in [-0.3, -0.25) is 4.98 Å². The highest BCUT2D eigenvalue weighted by atomic mass is 35.5. The molecule has 0 aliphatic heterocycles. The van der Waals surface area contributed by atoms with Gasteiger partial charge in [-0.1, -0.05) is 0 Å². The first-order valence-electron chi connectivity index (χ1n) is 5.40. The molecule has 0 bridgehead atoms. The lowest BCUT2D eigenvalue weighted by atomic mass is 10.3. The lowest BCUT2D eigenvalue weighted by molar-refractivity contribution is 0.0550. The molecule has 0 spiro atoms. The molecule has 0 aliphatic rings. The smallest absolute Gasteiger partial charge is 0.142 e. The van der Waals surface area contributed by atoms with E-state index in [1.165, 1.54) is 0 Å². The highest BCUT2D eigenvalue weighted by molar-refractivity contribution is 6.17. The fourth-order valence-corrected chi connectivity index (χ4v) is 1.45. The van der Waals surface area contributed by atoms with Crippen LogP contribution in [0.25, 0.3) is 0 Å². The summed E-state index contributed by atoms with van der Waals surface area (Å²) >= 11 is 5.79. The molecule has 0 aromatic carbocycles. The molecule has 0 aliphatic carbocycles. The van der Waals surface area contributed by atoms with E-state index in [0.717, 1.165) is 17.1 Å². The summed E-state index contributed by atoms with van der Waals surface area (Å²) in [4.78, 5) is 4.31. The van der Waals surface area contributed by atoms with Gasteiger partial charge in [0.05, 0.1) is 24.3 Å². The molecule has 4 heteroatoms. The van der Waals surface area contributed by atoms with Crippen molar-refractivity contribution < 1.29 is 9.47 Å². The lowest BCUT2D eigenvalue weighted by Gasteiger charge is -2.11. The Labute approximate surface area is 102 Å². The Hall–Kier alpha value is -0.800. The zero-order chi connectivity index (χ0) is 12.0. The predicted octanol–water partition coefficient (Wildman–Crippen LogP) is 2.93. The van der Waals surface area contributed by atoms with Crippen LogP contribution in [0.4, 0.5) is 0 Å². The molecule has 3 nitrogen and oxygen atoms in total. The molecule has 0 saturated carbocycles. The average Bonchev–Trinajstić information content (AvgIpc) is 2.25. The fraction of sp³-hybridized carbons (Fsp3) is 0.583. The van der Waals surface area contributed by atoms with Gasteiger partial charge in [0.15, 0.2) is 0 Å². The molecule has 0 saturated heterocycles. The minimum atomic E-state index is 0.229. The Bertz CT molecular complexity index is 329. The van der Waals surface area contributed by atoms with E-state index < -0.39 is 0 Å². The van der Waals surface area contributed by atoms with Crippen molar-refractivity contribution in [1.82, 2.24) is 4.98 Å². The molecule has 1 rings (SSSR count). The molecule has 90 valence electrons. The molecule has 1 aromatic heterocycles. The SMILES string of the molecule is Cc1ccc(OCCOC(C)C)c(CCl)n1. The van der Waals surface area contributed by atoms with Crippen LogP contribution in [0.3, 0.4) is 0 Å². The number of alkyl halides is 1. The van der Waals surface area contributed by atoms with Crippen LogP contribution in [0.1, 0.15) is 25.2 Å².